The first-order valence-corrected chi connectivity index (χ1v) is 8.84. The Balaban J connectivity index is 2.38. The van der Waals surface area contributed by atoms with E-state index >= 15 is 0 Å². The first-order chi connectivity index (χ1) is 11.2. The molecule has 1 aromatic heterocycles. The molecular formula is C18H15N3OS. The van der Waals surface area contributed by atoms with Crippen LogP contribution >= 0.6 is 0 Å². The van der Waals surface area contributed by atoms with Gasteiger partial charge in [-0.2, -0.15) is 5.26 Å². The highest BCUT2D eigenvalue weighted by Crippen LogP contribution is 2.29. The highest BCUT2D eigenvalue weighted by molar-refractivity contribution is 7.84. The summed E-state index contributed by atoms with van der Waals surface area (Å²) in [7, 11) is -1.12. The van der Waals surface area contributed by atoms with E-state index in [-0.39, 0.29) is 0 Å². The maximum Gasteiger partial charge on any atom is 0.107 e. The van der Waals surface area contributed by atoms with E-state index in [4.69, 9.17) is 4.98 Å². The average molecular weight is 321 g/mol. The van der Waals surface area contributed by atoms with Gasteiger partial charge in [-0.15, -0.1) is 0 Å². The maximum atomic E-state index is 12.0. The molecule has 0 aliphatic heterocycles. The van der Waals surface area contributed by atoms with Crippen molar-refractivity contribution in [2.45, 2.75) is 18.2 Å². The predicted molar refractivity (Wildman–Crippen MR) is 91.4 cm³/mol. The lowest BCUT2D eigenvalue weighted by Crippen LogP contribution is -2.01. The SMILES string of the molecule is CCc1nc2cccc(C#N)c2nc1-c1ccccc1S(C)=O. The quantitative estimate of drug-likeness (QED) is 0.741. The number of fused-ring (bicyclic) bond motifs is 1. The van der Waals surface area contributed by atoms with Crippen LogP contribution in [0.1, 0.15) is 18.2 Å². The summed E-state index contributed by atoms with van der Waals surface area (Å²) in [5, 5.41) is 9.30. The minimum atomic E-state index is -1.12. The Kier molecular flexibility index (Phi) is 4.18. The van der Waals surface area contributed by atoms with Crippen molar-refractivity contribution >= 4 is 21.8 Å². The van der Waals surface area contributed by atoms with Gasteiger partial charge in [0.25, 0.3) is 0 Å². The molecule has 0 spiro atoms. The largest absolute Gasteiger partial charge is 0.255 e. The molecule has 0 saturated heterocycles. The van der Waals surface area contributed by atoms with Gasteiger partial charge in [0.15, 0.2) is 0 Å². The molecule has 0 aliphatic rings. The Hall–Kier alpha value is -2.58. The first kappa shape index (κ1) is 15.3. The Bertz CT molecular complexity index is 960. The molecule has 2 aromatic carbocycles. The van der Waals surface area contributed by atoms with E-state index in [1.807, 2.05) is 43.3 Å². The van der Waals surface area contributed by atoms with Gasteiger partial charge in [-0.05, 0) is 24.6 Å². The smallest absolute Gasteiger partial charge is 0.107 e. The number of nitrogens with zero attached hydrogens (tertiary/aromatic N) is 3. The molecule has 3 aromatic rings. The van der Waals surface area contributed by atoms with Crippen LogP contribution < -0.4 is 0 Å². The predicted octanol–water partition coefficient (Wildman–Crippen LogP) is 3.47. The van der Waals surface area contributed by atoms with Crippen molar-refractivity contribution in [1.82, 2.24) is 9.97 Å². The van der Waals surface area contributed by atoms with Gasteiger partial charge in [0.2, 0.25) is 0 Å². The third-order valence-electron chi connectivity index (χ3n) is 3.67. The summed E-state index contributed by atoms with van der Waals surface area (Å²) in [6.07, 6.45) is 2.36. The van der Waals surface area contributed by atoms with Crippen molar-refractivity contribution in [2.24, 2.45) is 0 Å². The van der Waals surface area contributed by atoms with Crippen LogP contribution in [0, 0.1) is 11.3 Å². The molecule has 1 heterocycles. The van der Waals surface area contributed by atoms with E-state index in [1.54, 1.807) is 12.3 Å². The van der Waals surface area contributed by atoms with E-state index in [0.29, 0.717) is 28.7 Å². The minimum absolute atomic E-state index is 0.494. The summed E-state index contributed by atoms with van der Waals surface area (Å²) in [5.74, 6) is 0. The number of para-hydroxylation sites is 1. The molecule has 0 fully saturated rings. The molecule has 1 unspecified atom stereocenters. The highest BCUT2D eigenvalue weighted by Gasteiger charge is 2.16. The second-order valence-electron chi connectivity index (χ2n) is 5.11. The summed E-state index contributed by atoms with van der Waals surface area (Å²) in [5.41, 5.74) is 4.14. The lowest BCUT2D eigenvalue weighted by atomic mass is 10.1. The number of hydrogen-bond donors (Lipinski definition) is 0. The summed E-state index contributed by atoms with van der Waals surface area (Å²) >= 11 is 0. The summed E-state index contributed by atoms with van der Waals surface area (Å²) in [4.78, 5) is 10.1. The average Bonchev–Trinajstić information content (AvgIpc) is 2.59. The van der Waals surface area contributed by atoms with Gasteiger partial charge in [0, 0.05) is 16.7 Å². The standard InChI is InChI=1S/C18H15N3OS/c1-3-14-18(13-8-4-5-10-16(13)23(2)22)21-17-12(11-19)7-6-9-15(17)20-14/h4-10H,3H2,1-2H3. The van der Waals surface area contributed by atoms with Crippen LogP contribution in [0.25, 0.3) is 22.3 Å². The van der Waals surface area contributed by atoms with Gasteiger partial charge in [0.1, 0.15) is 11.6 Å². The summed E-state index contributed by atoms with van der Waals surface area (Å²) in [6, 6.07) is 15.1. The molecule has 114 valence electrons. The van der Waals surface area contributed by atoms with Crippen molar-refractivity contribution in [3.05, 3.63) is 53.7 Å². The lowest BCUT2D eigenvalue weighted by Gasteiger charge is -2.12. The molecule has 0 radical (unpaired) electrons. The molecule has 23 heavy (non-hydrogen) atoms. The van der Waals surface area contributed by atoms with E-state index in [9.17, 15) is 9.47 Å². The third-order valence-corrected chi connectivity index (χ3v) is 4.65. The lowest BCUT2D eigenvalue weighted by molar-refractivity contribution is 0.687. The van der Waals surface area contributed by atoms with Gasteiger partial charge in [-0.3, -0.25) is 4.21 Å². The number of rotatable bonds is 3. The number of nitriles is 1. The van der Waals surface area contributed by atoms with Crippen molar-refractivity contribution in [3.8, 4) is 17.3 Å². The van der Waals surface area contributed by atoms with E-state index in [1.165, 1.54) is 0 Å². The minimum Gasteiger partial charge on any atom is -0.255 e. The van der Waals surface area contributed by atoms with Crippen LogP contribution in [0.2, 0.25) is 0 Å². The fraction of sp³-hybridized carbons (Fsp3) is 0.167. The molecule has 5 heteroatoms. The Morgan fingerprint density at radius 1 is 1.13 bits per heavy atom. The maximum absolute atomic E-state index is 12.0. The van der Waals surface area contributed by atoms with Crippen LogP contribution in [-0.2, 0) is 17.2 Å². The molecule has 0 aliphatic carbocycles. The fourth-order valence-corrected chi connectivity index (χ4v) is 3.32. The van der Waals surface area contributed by atoms with E-state index in [0.717, 1.165) is 16.2 Å². The number of hydrogen-bond acceptors (Lipinski definition) is 4. The normalized spacial score (nSPS) is 12.0. The van der Waals surface area contributed by atoms with E-state index in [2.05, 4.69) is 11.1 Å². The van der Waals surface area contributed by atoms with Crippen molar-refractivity contribution in [1.29, 1.82) is 5.26 Å². The van der Waals surface area contributed by atoms with Crippen LogP contribution in [0.5, 0.6) is 0 Å². The third kappa shape index (κ3) is 2.73. The van der Waals surface area contributed by atoms with E-state index < -0.39 is 10.8 Å². The van der Waals surface area contributed by atoms with Gasteiger partial charge in [-0.25, -0.2) is 9.97 Å². The van der Waals surface area contributed by atoms with Crippen molar-refractivity contribution in [3.63, 3.8) is 0 Å². The summed E-state index contributed by atoms with van der Waals surface area (Å²) < 4.78 is 12.0. The van der Waals surface area contributed by atoms with Crippen LogP contribution in [0.15, 0.2) is 47.4 Å². The zero-order chi connectivity index (χ0) is 16.4. The second kappa shape index (κ2) is 6.27. The topological polar surface area (TPSA) is 66.6 Å². The molecule has 4 nitrogen and oxygen atoms in total. The molecule has 1 atom stereocenters. The van der Waals surface area contributed by atoms with Gasteiger partial charge < -0.3 is 0 Å². The zero-order valence-electron chi connectivity index (χ0n) is 12.9. The molecular weight excluding hydrogens is 306 g/mol. The monoisotopic (exact) mass is 321 g/mol. The number of aromatic nitrogens is 2. The molecule has 0 N–H and O–H groups in total. The van der Waals surface area contributed by atoms with Crippen molar-refractivity contribution in [2.75, 3.05) is 6.26 Å². The van der Waals surface area contributed by atoms with Crippen molar-refractivity contribution < 1.29 is 4.21 Å². The Labute approximate surface area is 137 Å². The number of benzene rings is 2. The fourth-order valence-electron chi connectivity index (χ4n) is 2.58. The second-order valence-corrected chi connectivity index (χ2v) is 6.46. The Morgan fingerprint density at radius 2 is 1.91 bits per heavy atom. The van der Waals surface area contributed by atoms with Crippen LogP contribution in [0.3, 0.4) is 0 Å². The highest BCUT2D eigenvalue weighted by atomic mass is 32.2. The van der Waals surface area contributed by atoms with Gasteiger partial charge in [-0.1, -0.05) is 31.2 Å². The molecule has 0 amide bonds. The van der Waals surface area contributed by atoms with Crippen LogP contribution in [-0.4, -0.2) is 20.4 Å². The number of aryl methyl sites for hydroxylation is 1. The Morgan fingerprint density at radius 3 is 2.61 bits per heavy atom. The van der Waals surface area contributed by atoms with Crippen LogP contribution in [0.4, 0.5) is 0 Å². The first-order valence-electron chi connectivity index (χ1n) is 7.28. The van der Waals surface area contributed by atoms with Gasteiger partial charge in [0.05, 0.1) is 33.3 Å². The summed E-state index contributed by atoms with van der Waals surface area (Å²) in [6.45, 7) is 2.01. The molecule has 3 rings (SSSR count). The zero-order valence-corrected chi connectivity index (χ0v) is 13.7. The van der Waals surface area contributed by atoms with Gasteiger partial charge >= 0.3 is 0 Å². The molecule has 0 bridgehead atoms. The molecule has 0 saturated carbocycles.